The molecule has 1 aliphatic heterocycles. The average molecular weight is 325 g/mol. The quantitative estimate of drug-likeness (QED) is 0.239. The Morgan fingerprint density at radius 3 is 2.32 bits per heavy atom. The van der Waals surface area contributed by atoms with Crippen LogP contribution in [0.1, 0.15) is 12.8 Å². The van der Waals surface area contributed by atoms with Gasteiger partial charge in [0.1, 0.15) is 24.4 Å². The molecule has 0 aromatic rings. The zero-order valence-electron chi connectivity index (χ0n) is 11.4. The van der Waals surface area contributed by atoms with Crippen LogP contribution in [0.4, 0.5) is 0 Å². The Kier molecular flexibility index (Phi) is 6.19. The van der Waals surface area contributed by atoms with E-state index in [2.05, 4.69) is 9.47 Å². The van der Waals surface area contributed by atoms with E-state index in [1.807, 2.05) is 0 Å². The van der Waals surface area contributed by atoms with Crippen LogP contribution >= 0.6 is 0 Å². The number of rotatable bonds is 5. The largest absolute Gasteiger partial charge is 0.403 e. The van der Waals surface area contributed by atoms with E-state index in [0.29, 0.717) is 0 Å². The van der Waals surface area contributed by atoms with E-state index in [1.165, 1.54) is 0 Å². The van der Waals surface area contributed by atoms with Crippen molar-refractivity contribution in [3.8, 4) is 0 Å². The molecule has 1 fully saturated rings. The highest BCUT2D eigenvalue weighted by atomic mass is 16.9. The van der Waals surface area contributed by atoms with Crippen molar-refractivity contribution < 1.29 is 49.7 Å². The first-order valence-electron chi connectivity index (χ1n) is 6.38. The number of ether oxygens (including phenoxy) is 2. The number of aliphatic hydroxyl groups is 6. The lowest BCUT2D eigenvalue weighted by atomic mass is 10.0. The molecule has 0 aromatic carbocycles. The second kappa shape index (κ2) is 7.28. The Morgan fingerprint density at radius 2 is 1.77 bits per heavy atom. The molecule has 0 saturated carbocycles. The first kappa shape index (κ1) is 18.7. The van der Waals surface area contributed by atoms with Gasteiger partial charge in [0.15, 0.2) is 6.10 Å². The van der Waals surface area contributed by atoms with Crippen LogP contribution in [0, 0.1) is 0 Å². The minimum absolute atomic E-state index is 0.113. The van der Waals surface area contributed by atoms with Gasteiger partial charge in [-0.1, -0.05) is 0 Å². The molecule has 128 valence electrons. The van der Waals surface area contributed by atoms with Gasteiger partial charge in [0, 0.05) is 6.42 Å². The van der Waals surface area contributed by atoms with E-state index in [9.17, 15) is 35.1 Å². The van der Waals surface area contributed by atoms with Crippen LogP contribution < -0.4 is 5.73 Å². The Labute approximate surface area is 124 Å². The van der Waals surface area contributed by atoms with Gasteiger partial charge in [-0.3, -0.25) is 9.59 Å². The molecule has 0 aromatic heterocycles. The molecular weight excluding hydrogens is 306 g/mol. The molecule has 0 bridgehead atoms. The smallest absolute Gasteiger partial charge is 0.396 e. The third-order valence-corrected chi connectivity index (χ3v) is 3.10. The molecule has 1 heterocycles. The van der Waals surface area contributed by atoms with Crippen LogP contribution in [0.3, 0.4) is 0 Å². The first-order chi connectivity index (χ1) is 10.1. The summed E-state index contributed by atoms with van der Waals surface area (Å²) in [5.74, 6) is -5.59. The van der Waals surface area contributed by atoms with Gasteiger partial charge in [-0.05, 0) is 6.42 Å². The number of hydrogen-bond donors (Lipinski definition) is 7. The first-order valence-corrected chi connectivity index (χ1v) is 6.38. The average Bonchev–Trinajstić information content (AvgIpc) is 2.48. The third kappa shape index (κ3) is 4.10. The number of carbonyl (C=O) groups excluding carboxylic acids is 2. The summed E-state index contributed by atoms with van der Waals surface area (Å²) in [6.07, 6.45) is -9.30. The Morgan fingerprint density at radius 1 is 1.18 bits per heavy atom. The van der Waals surface area contributed by atoms with Crippen LogP contribution in [-0.2, 0) is 19.1 Å². The maximum absolute atomic E-state index is 11.5. The fourth-order valence-electron chi connectivity index (χ4n) is 1.70. The standard InChI is InChI=1S/C11H19NO10/c12-4-1-2-6(15)21-11(20,22-10(4)19)9(18)8(17)7(16)5(14)3-13/h4-5,7-9,13-14,16-18,20H,1-3,12H2/t4-,5-,7-,8-,9-,11?/m1/s1. The third-order valence-electron chi connectivity index (χ3n) is 3.10. The molecule has 1 aliphatic rings. The topological polar surface area (TPSA) is 200 Å². The minimum Gasteiger partial charge on any atom is -0.396 e. The zero-order valence-corrected chi connectivity index (χ0v) is 11.4. The number of hydrogen-bond acceptors (Lipinski definition) is 11. The highest BCUT2D eigenvalue weighted by molar-refractivity contribution is 5.78. The van der Waals surface area contributed by atoms with E-state index < -0.39 is 55.0 Å². The predicted octanol–water partition coefficient (Wildman–Crippen LogP) is -4.72. The Hall–Kier alpha value is -1.34. The fraction of sp³-hybridized carbons (Fsp3) is 0.818. The summed E-state index contributed by atoms with van der Waals surface area (Å²) in [5, 5.41) is 56.8. The van der Waals surface area contributed by atoms with E-state index in [1.54, 1.807) is 0 Å². The number of aliphatic hydroxyl groups excluding tert-OH is 5. The molecule has 0 radical (unpaired) electrons. The summed E-state index contributed by atoms with van der Waals surface area (Å²) in [4.78, 5) is 22.9. The van der Waals surface area contributed by atoms with Gasteiger partial charge in [-0.15, -0.1) is 0 Å². The van der Waals surface area contributed by atoms with Gasteiger partial charge in [-0.25, -0.2) is 0 Å². The number of cyclic esters (lactones) is 2. The van der Waals surface area contributed by atoms with Crippen molar-refractivity contribution in [2.24, 2.45) is 5.73 Å². The molecule has 11 heteroatoms. The lowest BCUT2D eigenvalue weighted by Crippen LogP contribution is -2.61. The SMILES string of the molecule is N[C@@H]1CCC(=O)OC(O)([C@H](O)[C@H](O)[C@H](O)[C@H](O)CO)OC1=O. The molecular formula is C11H19NO10. The summed E-state index contributed by atoms with van der Waals surface area (Å²) < 4.78 is 8.79. The maximum Gasteiger partial charge on any atom is 0.403 e. The second-order valence-corrected chi connectivity index (χ2v) is 4.85. The van der Waals surface area contributed by atoms with Crippen molar-refractivity contribution in [3.05, 3.63) is 0 Å². The molecule has 0 spiro atoms. The molecule has 0 amide bonds. The van der Waals surface area contributed by atoms with Crippen molar-refractivity contribution in [2.75, 3.05) is 6.61 Å². The molecule has 1 saturated heterocycles. The lowest BCUT2D eigenvalue weighted by Gasteiger charge is -2.36. The highest BCUT2D eigenvalue weighted by Gasteiger charge is 2.52. The summed E-state index contributed by atoms with van der Waals surface area (Å²) in [7, 11) is 0. The predicted molar refractivity (Wildman–Crippen MR) is 65.5 cm³/mol. The van der Waals surface area contributed by atoms with Crippen LogP contribution in [0.15, 0.2) is 0 Å². The molecule has 22 heavy (non-hydrogen) atoms. The van der Waals surface area contributed by atoms with Gasteiger partial charge in [0.05, 0.1) is 6.61 Å². The minimum atomic E-state index is -3.30. The number of nitrogens with two attached hydrogens (primary N) is 1. The molecule has 1 rings (SSSR count). The second-order valence-electron chi connectivity index (χ2n) is 4.85. The van der Waals surface area contributed by atoms with Crippen LogP contribution in [0.2, 0.25) is 0 Å². The van der Waals surface area contributed by atoms with Crippen LogP contribution in [0.25, 0.3) is 0 Å². The van der Waals surface area contributed by atoms with Gasteiger partial charge in [0.25, 0.3) is 0 Å². The number of esters is 2. The van der Waals surface area contributed by atoms with Gasteiger partial charge in [0.2, 0.25) is 0 Å². The van der Waals surface area contributed by atoms with E-state index in [4.69, 9.17) is 10.8 Å². The van der Waals surface area contributed by atoms with Gasteiger partial charge < -0.3 is 45.8 Å². The normalized spacial score (nSPS) is 32.0. The lowest BCUT2D eigenvalue weighted by molar-refractivity contribution is -0.377. The zero-order chi connectivity index (χ0) is 17.1. The summed E-state index contributed by atoms with van der Waals surface area (Å²) in [6, 6.07) is -1.27. The summed E-state index contributed by atoms with van der Waals surface area (Å²) >= 11 is 0. The Balaban J connectivity index is 2.96. The summed E-state index contributed by atoms with van der Waals surface area (Å²) in [5.41, 5.74) is 5.38. The van der Waals surface area contributed by atoms with Crippen molar-refractivity contribution >= 4 is 11.9 Å². The number of carbonyl (C=O) groups is 2. The van der Waals surface area contributed by atoms with E-state index in [0.717, 1.165) is 0 Å². The molecule has 1 unspecified atom stereocenters. The molecule has 6 atom stereocenters. The van der Waals surface area contributed by atoms with Gasteiger partial charge in [-0.2, -0.15) is 0 Å². The fourth-order valence-corrected chi connectivity index (χ4v) is 1.70. The van der Waals surface area contributed by atoms with Crippen LogP contribution in [-0.4, -0.2) is 85.6 Å². The monoisotopic (exact) mass is 325 g/mol. The van der Waals surface area contributed by atoms with Crippen molar-refractivity contribution in [1.29, 1.82) is 0 Å². The highest BCUT2D eigenvalue weighted by Crippen LogP contribution is 2.24. The van der Waals surface area contributed by atoms with E-state index >= 15 is 0 Å². The summed E-state index contributed by atoms with van der Waals surface area (Å²) in [6.45, 7) is -0.964. The molecule has 0 aliphatic carbocycles. The van der Waals surface area contributed by atoms with Crippen LogP contribution in [0.5, 0.6) is 0 Å². The van der Waals surface area contributed by atoms with Crippen molar-refractivity contribution in [3.63, 3.8) is 0 Å². The maximum atomic E-state index is 11.5. The Bertz CT molecular complexity index is 418. The van der Waals surface area contributed by atoms with Gasteiger partial charge >= 0.3 is 17.9 Å². The van der Waals surface area contributed by atoms with Crippen molar-refractivity contribution in [1.82, 2.24) is 0 Å². The molecule has 8 N–H and O–H groups in total. The molecule has 11 nitrogen and oxygen atoms in total. The van der Waals surface area contributed by atoms with Crippen molar-refractivity contribution in [2.45, 2.75) is 49.3 Å². The van der Waals surface area contributed by atoms with E-state index in [-0.39, 0.29) is 12.8 Å².